The van der Waals surface area contributed by atoms with E-state index in [1.165, 1.54) is 30.6 Å². The standard InChI is InChI=1S/C17H25N3O4/c1-11-5-12(2)9-19(8-11)10-17(21)18-14-7-16(24-4)15(20(22)23)6-13(14)3/h6-7,11-12H,5,8-10H2,1-4H3,(H,18,21)/p+1/t11-,12+. The number of ether oxygens (including phenoxy) is 1. The Labute approximate surface area is 142 Å². The molecule has 1 amide bonds. The normalized spacial score (nSPS) is 23.6. The van der Waals surface area contributed by atoms with Crippen LogP contribution in [-0.2, 0) is 4.79 Å². The molecule has 2 N–H and O–H groups in total. The fraction of sp³-hybridized carbons (Fsp3) is 0.588. The summed E-state index contributed by atoms with van der Waals surface area (Å²) in [7, 11) is 1.38. The molecule has 1 aliphatic rings. The number of nitro groups is 1. The lowest BCUT2D eigenvalue weighted by molar-refractivity contribution is -0.904. The number of carbonyl (C=O) groups is 1. The highest BCUT2D eigenvalue weighted by Crippen LogP contribution is 2.32. The van der Waals surface area contributed by atoms with Gasteiger partial charge in [0.15, 0.2) is 12.3 Å². The van der Waals surface area contributed by atoms with Crippen molar-refractivity contribution in [3.05, 3.63) is 27.8 Å². The lowest BCUT2D eigenvalue weighted by Crippen LogP contribution is -3.15. The van der Waals surface area contributed by atoms with Crippen molar-refractivity contribution in [2.75, 3.05) is 32.1 Å². The molecule has 7 heteroatoms. The molecule has 0 bridgehead atoms. The molecule has 0 aliphatic carbocycles. The second-order valence-corrected chi connectivity index (χ2v) is 6.93. The van der Waals surface area contributed by atoms with Gasteiger partial charge in [0.2, 0.25) is 0 Å². The van der Waals surface area contributed by atoms with Crippen LogP contribution in [-0.4, -0.2) is 37.6 Å². The van der Waals surface area contributed by atoms with Crippen molar-refractivity contribution in [2.45, 2.75) is 27.2 Å². The first-order valence-corrected chi connectivity index (χ1v) is 8.26. The molecule has 1 fully saturated rings. The molecule has 1 unspecified atom stereocenters. The monoisotopic (exact) mass is 336 g/mol. The van der Waals surface area contributed by atoms with Gasteiger partial charge in [-0.15, -0.1) is 0 Å². The number of anilines is 1. The topological polar surface area (TPSA) is 85.9 Å². The minimum Gasteiger partial charge on any atom is -0.490 e. The van der Waals surface area contributed by atoms with Crippen LogP contribution in [0.3, 0.4) is 0 Å². The van der Waals surface area contributed by atoms with Gasteiger partial charge in [-0.3, -0.25) is 14.9 Å². The SMILES string of the molecule is COc1cc(NC(=O)C[NH+]2C[C@H](C)C[C@H](C)C2)c(C)cc1[N+](=O)[O-]. The number of nitrogens with zero attached hydrogens (tertiary/aromatic N) is 1. The summed E-state index contributed by atoms with van der Waals surface area (Å²) in [5.74, 6) is 1.31. The second kappa shape index (κ2) is 7.61. The number of methoxy groups -OCH3 is 1. The van der Waals surface area contributed by atoms with E-state index >= 15 is 0 Å². The van der Waals surface area contributed by atoms with Crippen molar-refractivity contribution in [3.8, 4) is 5.75 Å². The minimum atomic E-state index is -0.488. The van der Waals surface area contributed by atoms with E-state index in [-0.39, 0.29) is 17.3 Å². The molecule has 2 rings (SSSR count). The number of quaternary nitrogens is 1. The van der Waals surface area contributed by atoms with Crippen LogP contribution in [0.2, 0.25) is 0 Å². The largest absolute Gasteiger partial charge is 0.490 e. The van der Waals surface area contributed by atoms with E-state index in [0.29, 0.717) is 29.6 Å². The van der Waals surface area contributed by atoms with Crippen molar-refractivity contribution < 1.29 is 19.4 Å². The van der Waals surface area contributed by atoms with E-state index in [2.05, 4.69) is 19.2 Å². The quantitative estimate of drug-likeness (QED) is 0.629. The van der Waals surface area contributed by atoms with Gasteiger partial charge in [-0.1, -0.05) is 13.8 Å². The number of likely N-dealkylation sites (tertiary alicyclic amines) is 1. The summed E-state index contributed by atoms with van der Waals surface area (Å²) in [4.78, 5) is 24.2. The van der Waals surface area contributed by atoms with Crippen LogP contribution in [0.4, 0.5) is 11.4 Å². The molecular weight excluding hydrogens is 310 g/mol. The summed E-state index contributed by atoms with van der Waals surface area (Å²) in [5, 5.41) is 13.9. The van der Waals surface area contributed by atoms with E-state index in [1.54, 1.807) is 6.92 Å². The Morgan fingerprint density at radius 2 is 2.00 bits per heavy atom. The number of benzene rings is 1. The van der Waals surface area contributed by atoms with E-state index in [9.17, 15) is 14.9 Å². The maximum atomic E-state index is 12.4. The molecule has 0 aromatic heterocycles. The Kier molecular flexibility index (Phi) is 5.77. The van der Waals surface area contributed by atoms with Crippen LogP contribution >= 0.6 is 0 Å². The molecule has 0 radical (unpaired) electrons. The van der Waals surface area contributed by atoms with Crippen molar-refractivity contribution in [1.82, 2.24) is 0 Å². The molecule has 24 heavy (non-hydrogen) atoms. The Morgan fingerprint density at radius 3 is 2.54 bits per heavy atom. The number of rotatable bonds is 5. The Morgan fingerprint density at radius 1 is 1.38 bits per heavy atom. The lowest BCUT2D eigenvalue weighted by Gasteiger charge is -2.31. The van der Waals surface area contributed by atoms with Gasteiger partial charge in [-0.2, -0.15) is 0 Å². The zero-order valence-electron chi connectivity index (χ0n) is 14.7. The molecular formula is C17H26N3O4+. The number of piperidine rings is 1. The van der Waals surface area contributed by atoms with Gasteiger partial charge >= 0.3 is 5.69 Å². The van der Waals surface area contributed by atoms with Crippen LogP contribution in [0.15, 0.2) is 12.1 Å². The van der Waals surface area contributed by atoms with Crippen LogP contribution in [0.5, 0.6) is 5.75 Å². The molecule has 0 spiro atoms. The van der Waals surface area contributed by atoms with Crippen molar-refractivity contribution in [2.24, 2.45) is 11.8 Å². The van der Waals surface area contributed by atoms with E-state index in [0.717, 1.165) is 13.1 Å². The Hall–Kier alpha value is -2.15. The number of aryl methyl sites for hydroxylation is 1. The first-order chi connectivity index (χ1) is 11.3. The third-order valence-corrected chi connectivity index (χ3v) is 4.49. The third-order valence-electron chi connectivity index (χ3n) is 4.49. The van der Waals surface area contributed by atoms with Gasteiger partial charge in [0.05, 0.1) is 25.1 Å². The summed E-state index contributed by atoms with van der Waals surface area (Å²) in [6.07, 6.45) is 1.21. The van der Waals surface area contributed by atoms with Crippen LogP contribution in [0, 0.1) is 28.9 Å². The van der Waals surface area contributed by atoms with Crippen LogP contribution < -0.4 is 15.0 Å². The van der Waals surface area contributed by atoms with Gasteiger partial charge in [0.25, 0.3) is 5.91 Å². The predicted molar refractivity (Wildman–Crippen MR) is 91.5 cm³/mol. The maximum Gasteiger partial charge on any atom is 0.311 e. The molecule has 3 atom stereocenters. The number of nitrogens with one attached hydrogen (secondary N) is 2. The number of hydrogen-bond acceptors (Lipinski definition) is 4. The highest BCUT2D eigenvalue weighted by atomic mass is 16.6. The van der Waals surface area contributed by atoms with Crippen LogP contribution in [0.25, 0.3) is 0 Å². The zero-order chi connectivity index (χ0) is 17.9. The third kappa shape index (κ3) is 4.44. The van der Waals surface area contributed by atoms with E-state index < -0.39 is 4.92 Å². The summed E-state index contributed by atoms with van der Waals surface area (Å²) >= 11 is 0. The fourth-order valence-electron chi connectivity index (χ4n) is 3.60. The molecule has 1 heterocycles. The smallest absolute Gasteiger partial charge is 0.311 e. The molecule has 1 aromatic rings. The summed E-state index contributed by atoms with van der Waals surface area (Å²) in [6, 6.07) is 2.94. The molecule has 132 valence electrons. The van der Waals surface area contributed by atoms with Gasteiger partial charge in [0.1, 0.15) is 0 Å². The van der Waals surface area contributed by atoms with Crippen molar-refractivity contribution in [1.29, 1.82) is 0 Å². The first-order valence-electron chi connectivity index (χ1n) is 8.26. The molecule has 1 aromatic carbocycles. The van der Waals surface area contributed by atoms with Gasteiger partial charge in [-0.05, 0) is 18.9 Å². The highest BCUT2D eigenvalue weighted by Gasteiger charge is 2.27. The Balaban J connectivity index is 2.07. The predicted octanol–water partition coefficient (Wildman–Crippen LogP) is 1.41. The van der Waals surface area contributed by atoms with E-state index in [4.69, 9.17) is 4.74 Å². The zero-order valence-corrected chi connectivity index (χ0v) is 14.7. The van der Waals surface area contributed by atoms with Crippen molar-refractivity contribution in [3.63, 3.8) is 0 Å². The number of carbonyl (C=O) groups excluding carboxylic acids is 1. The average molecular weight is 336 g/mol. The summed E-state index contributed by atoms with van der Waals surface area (Å²) < 4.78 is 5.06. The highest BCUT2D eigenvalue weighted by molar-refractivity contribution is 5.92. The summed E-state index contributed by atoms with van der Waals surface area (Å²) in [6.45, 7) is 8.59. The number of nitro benzene ring substituents is 1. The molecule has 0 saturated carbocycles. The fourth-order valence-corrected chi connectivity index (χ4v) is 3.60. The molecule has 1 aliphatic heterocycles. The van der Waals surface area contributed by atoms with Gasteiger partial charge in [0, 0.05) is 29.7 Å². The van der Waals surface area contributed by atoms with E-state index in [1.807, 2.05) is 0 Å². The first kappa shape index (κ1) is 18.2. The summed E-state index contributed by atoms with van der Waals surface area (Å²) in [5.41, 5.74) is 1.10. The number of amides is 1. The molecule has 7 nitrogen and oxygen atoms in total. The average Bonchev–Trinajstić information content (AvgIpc) is 2.47. The Bertz CT molecular complexity index is 623. The maximum absolute atomic E-state index is 12.4. The minimum absolute atomic E-state index is 0.0784. The second-order valence-electron chi connectivity index (χ2n) is 6.93. The van der Waals surface area contributed by atoms with Gasteiger partial charge in [-0.25, -0.2) is 0 Å². The van der Waals surface area contributed by atoms with Gasteiger partial charge < -0.3 is 15.0 Å². The molecule has 1 saturated heterocycles. The number of hydrogen-bond donors (Lipinski definition) is 2. The van der Waals surface area contributed by atoms with Crippen molar-refractivity contribution >= 4 is 17.3 Å². The van der Waals surface area contributed by atoms with Crippen LogP contribution in [0.1, 0.15) is 25.8 Å². The lowest BCUT2D eigenvalue weighted by atomic mass is 9.92.